The predicted molar refractivity (Wildman–Crippen MR) is 123 cm³/mol. The molecule has 0 saturated carbocycles. The van der Waals surface area contributed by atoms with Crippen molar-refractivity contribution in [3.63, 3.8) is 0 Å². The Kier molecular flexibility index (Phi) is 5.03. The molecular weight excluding hydrogens is 402 g/mol. The number of carbonyl (C=O) groups excluding carboxylic acids is 2. The van der Waals surface area contributed by atoms with Crippen LogP contribution in [0.3, 0.4) is 0 Å². The van der Waals surface area contributed by atoms with Gasteiger partial charge in [-0.05, 0) is 53.6 Å². The van der Waals surface area contributed by atoms with Gasteiger partial charge in [-0.2, -0.15) is 0 Å². The number of aromatic nitrogens is 1. The van der Waals surface area contributed by atoms with E-state index in [1.54, 1.807) is 30.2 Å². The van der Waals surface area contributed by atoms with E-state index in [1.165, 1.54) is 0 Å². The fraction of sp³-hybridized carbons (Fsp3) is 0.115. The molecule has 1 aromatic heterocycles. The molecule has 2 heterocycles. The Bertz CT molecular complexity index is 1330. The number of fused-ring (bicyclic) bond motifs is 2. The first-order valence-electron chi connectivity index (χ1n) is 10.4. The van der Waals surface area contributed by atoms with Gasteiger partial charge < -0.3 is 10.1 Å². The van der Waals surface area contributed by atoms with Gasteiger partial charge in [0, 0.05) is 17.5 Å². The minimum Gasteiger partial charge on any atom is -0.497 e. The Morgan fingerprint density at radius 2 is 1.81 bits per heavy atom. The lowest BCUT2D eigenvalue weighted by Crippen LogP contribution is -2.23. The third kappa shape index (κ3) is 3.56. The van der Waals surface area contributed by atoms with Crippen LogP contribution in [0.2, 0.25) is 0 Å². The number of hydrogen-bond donors (Lipinski definition) is 1. The molecule has 0 bridgehead atoms. The van der Waals surface area contributed by atoms with Crippen molar-refractivity contribution in [1.82, 2.24) is 10.3 Å². The number of hydrogen-bond acceptors (Lipinski definition) is 4. The van der Waals surface area contributed by atoms with Gasteiger partial charge in [0.15, 0.2) is 0 Å². The number of pyridine rings is 1. The van der Waals surface area contributed by atoms with Gasteiger partial charge in [0.2, 0.25) is 5.91 Å². The zero-order valence-corrected chi connectivity index (χ0v) is 17.5. The van der Waals surface area contributed by atoms with Crippen molar-refractivity contribution in [2.24, 2.45) is 0 Å². The van der Waals surface area contributed by atoms with Crippen molar-refractivity contribution in [1.29, 1.82) is 0 Å². The van der Waals surface area contributed by atoms with Gasteiger partial charge in [-0.25, -0.2) is 4.98 Å². The van der Waals surface area contributed by atoms with Crippen molar-refractivity contribution < 1.29 is 14.3 Å². The van der Waals surface area contributed by atoms with E-state index >= 15 is 0 Å². The molecule has 0 atom stereocenters. The summed E-state index contributed by atoms with van der Waals surface area (Å²) in [6.07, 6.45) is 0.365. The van der Waals surface area contributed by atoms with E-state index in [0.29, 0.717) is 29.9 Å². The number of para-hydroxylation sites is 1. The summed E-state index contributed by atoms with van der Waals surface area (Å²) >= 11 is 0. The molecule has 4 aromatic rings. The van der Waals surface area contributed by atoms with Crippen LogP contribution in [0.25, 0.3) is 10.9 Å². The second kappa shape index (κ2) is 8.15. The van der Waals surface area contributed by atoms with E-state index in [0.717, 1.165) is 28.0 Å². The molecule has 0 radical (unpaired) electrons. The van der Waals surface area contributed by atoms with Crippen molar-refractivity contribution in [3.8, 4) is 5.75 Å². The summed E-state index contributed by atoms with van der Waals surface area (Å²) in [7, 11) is 1.62. The molecule has 6 heteroatoms. The number of anilines is 2. The average molecular weight is 423 g/mol. The largest absolute Gasteiger partial charge is 0.497 e. The van der Waals surface area contributed by atoms with Crippen LogP contribution in [0.1, 0.15) is 21.5 Å². The lowest BCUT2D eigenvalue weighted by Gasteiger charge is -2.17. The molecule has 0 aliphatic carbocycles. The van der Waals surface area contributed by atoms with Gasteiger partial charge in [-0.15, -0.1) is 0 Å². The second-order valence-electron chi connectivity index (χ2n) is 7.61. The zero-order chi connectivity index (χ0) is 22.1. The van der Waals surface area contributed by atoms with Gasteiger partial charge in [0.1, 0.15) is 11.6 Å². The van der Waals surface area contributed by atoms with Crippen LogP contribution in [0.4, 0.5) is 11.5 Å². The first-order valence-corrected chi connectivity index (χ1v) is 10.4. The molecule has 0 saturated heterocycles. The smallest absolute Gasteiger partial charge is 0.252 e. The Labute approximate surface area is 185 Å². The molecule has 5 rings (SSSR count). The number of rotatable bonds is 5. The summed E-state index contributed by atoms with van der Waals surface area (Å²) in [5.41, 5.74) is 4.04. The van der Waals surface area contributed by atoms with Crippen LogP contribution < -0.4 is 15.0 Å². The summed E-state index contributed by atoms with van der Waals surface area (Å²) in [4.78, 5) is 31.8. The third-order valence-corrected chi connectivity index (χ3v) is 5.63. The Morgan fingerprint density at radius 1 is 1.00 bits per heavy atom. The topological polar surface area (TPSA) is 71.5 Å². The summed E-state index contributed by atoms with van der Waals surface area (Å²) in [6, 6.07) is 24.4. The van der Waals surface area contributed by atoms with Crippen LogP contribution in [0, 0.1) is 0 Å². The zero-order valence-electron chi connectivity index (χ0n) is 17.5. The standard InChI is InChI=1S/C26H21N3O3/c1-32-19-11-9-17(10-12-19)16-27-26(31)21-6-4-7-22-20(21)13-14-24(28-22)29-23-8-3-2-5-18(23)15-25(29)30/h2-14H,15-16H2,1H3,(H,27,31). The first-order chi connectivity index (χ1) is 15.6. The molecular formula is C26H21N3O3. The average Bonchev–Trinajstić information content (AvgIpc) is 3.17. The monoisotopic (exact) mass is 423 g/mol. The van der Waals surface area contributed by atoms with E-state index in [9.17, 15) is 9.59 Å². The fourth-order valence-corrected chi connectivity index (χ4v) is 3.99. The highest BCUT2D eigenvalue weighted by atomic mass is 16.5. The van der Waals surface area contributed by atoms with Crippen LogP contribution >= 0.6 is 0 Å². The number of benzene rings is 3. The minimum atomic E-state index is -0.177. The lowest BCUT2D eigenvalue weighted by molar-refractivity contribution is -0.116. The second-order valence-corrected chi connectivity index (χ2v) is 7.61. The van der Waals surface area contributed by atoms with Crippen LogP contribution in [0.5, 0.6) is 5.75 Å². The number of amides is 2. The Morgan fingerprint density at radius 3 is 2.62 bits per heavy atom. The van der Waals surface area contributed by atoms with Crippen molar-refractivity contribution in [2.45, 2.75) is 13.0 Å². The Hall–Kier alpha value is -4.19. The van der Waals surface area contributed by atoms with Crippen molar-refractivity contribution in [3.05, 3.63) is 95.6 Å². The lowest BCUT2D eigenvalue weighted by atomic mass is 10.1. The minimum absolute atomic E-state index is 0.00793. The molecule has 0 spiro atoms. The fourth-order valence-electron chi connectivity index (χ4n) is 3.99. The highest BCUT2D eigenvalue weighted by Gasteiger charge is 2.29. The summed E-state index contributed by atoms with van der Waals surface area (Å²) in [5.74, 6) is 1.15. The number of nitrogens with one attached hydrogen (secondary N) is 1. The molecule has 1 N–H and O–H groups in total. The molecule has 1 aliphatic heterocycles. The van der Waals surface area contributed by atoms with Gasteiger partial charge >= 0.3 is 0 Å². The third-order valence-electron chi connectivity index (χ3n) is 5.63. The summed E-state index contributed by atoms with van der Waals surface area (Å²) < 4.78 is 5.17. The Balaban J connectivity index is 1.41. The SMILES string of the molecule is COc1ccc(CNC(=O)c2cccc3nc(N4C(=O)Cc5ccccc54)ccc23)cc1. The van der Waals surface area contributed by atoms with E-state index in [1.807, 2.05) is 60.7 Å². The number of ether oxygens (including phenoxy) is 1. The molecule has 1 aliphatic rings. The number of carbonyl (C=O) groups is 2. The molecule has 2 amide bonds. The molecule has 0 fully saturated rings. The van der Waals surface area contributed by atoms with Crippen molar-refractivity contribution in [2.75, 3.05) is 12.0 Å². The van der Waals surface area contributed by atoms with Crippen LogP contribution in [0.15, 0.2) is 78.9 Å². The maximum absolute atomic E-state index is 12.9. The molecule has 6 nitrogen and oxygen atoms in total. The molecule has 3 aromatic carbocycles. The normalized spacial score (nSPS) is 12.7. The quantitative estimate of drug-likeness (QED) is 0.517. The molecule has 158 valence electrons. The van der Waals surface area contributed by atoms with E-state index in [4.69, 9.17) is 9.72 Å². The molecule has 0 unspecified atom stereocenters. The molecule has 32 heavy (non-hydrogen) atoms. The maximum Gasteiger partial charge on any atom is 0.252 e. The highest BCUT2D eigenvalue weighted by molar-refractivity contribution is 6.09. The van der Waals surface area contributed by atoms with Crippen LogP contribution in [-0.4, -0.2) is 23.9 Å². The van der Waals surface area contributed by atoms with E-state index in [-0.39, 0.29) is 11.8 Å². The highest BCUT2D eigenvalue weighted by Crippen LogP contribution is 2.35. The van der Waals surface area contributed by atoms with E-state index in [2.05, 4.69) is 5.32 Å². The predicted octanol–water partition coefficient (Wildman–Crippen LogP) is 4.39. The van der Waals surface area contributed by atoms with Gasteiger partial charge in [0.05, 0.1) is 24.7 Å². The summed E-state index contributed by atoms with van der Waals surface area (Å²) in [6.45, 7) is 0.407. The van der Waals surface area contributed by atoms with Crippen molar-refractivity contribution >= 4 is 34.2 Å². The van der Waals surface area contributed by atoms with Crippen LogP contribution in [-0.2, 0) is 17.8 Å². The number of nitrogens with zero attached hydrogens (tertiary/aromatic N) is 2. The first kappa shape index (κ1) is 19.8. The van der Waals surface area contributed by atoms with Gasteiger partial charge in [0.25, 0.3) is 5.91 Å². The van der Waals surface area contributed by atoms with Gasteiger partial charge in [-0.1, -0.05) is 36.4 Å². The summed E-state index contributed by atoms with van der Waals surface area (Å²) in [5, 5.41) is 3.70. The van der Waals surface area contributed by atoms with Gasteiger partial charge in [-0.3, -0.25) is 14.5 Å². The maximum atomic E-state index is 12.9. The van der Waals surface area contributed by atoms with E-state index < -0.39 is 0 Å². The number of methoxy groups -OCH3 is 1.